The van der Waals surface area contributed by atoms with Crippen LogP contribution in [0.3, 0.4) is 0 Å². The average molecular weight is 787 g/mol. The predicted molar refractivity (Wildman–Crippen MR) is 260 cm³/mol. The summed E-state index contributed by atoms with van der Waals surface area (Å²) in [7, 11) is 0. The molecule has 0 saturated carbocycles. The maximum absolute atomic E-state index is 2.47. The van der Waals surface area contributed by atoms with E-state index in [0.29, 0.717) is 0 Å². The lowest BCUT2D eigenvalue weighted by molar-refractivity contribution is 0.584. The average Bonchev–Trinajstić information content (AvgIpc) is 3.75. The quantitative estimate of drug-likeness (QED) is 0.163. The normalized spacial score (nSPS) is 13.9. The van der Waals surface area contributed by atoms with Crippen LogP contribution in [0.15, 0.2) is 182 Å². The molecule has 0 spiro atoms. The van der Waals surface area contributed by atoms with E-state index in [1.54, 1.807) is 0 Å². The molecule has 2 aliphatic carbocycles. The molecule has 61 heavy (non-hydrogen) atoms. The second-order valence-corrected chi connectivity index (χ2v) is 18.5. The molecule has 11 rings (SSSR count). The zero-order valence-corrected chi connectivity index (χ0v) is 35.7. The number of fused-ring (bicyclic) bond motifs is 7. The van der Waals surface area contributed by atoms with Crippen LogP contribution in [-0.2, 0) is 17.3 Å². The third-order valence-corrected chi connectivity index (χ3v) is 13.4. The summed E-state index contributed by atoms with van der Waals surface area (Å²) < 4.78 is 2.42. The Morgan fingerprint density at radius 1 is 0.541 bits per heavy atom. The van der Waals surface area contributed by atoms with E-state index >= 15 is 0 Å². The number of hydrogen-bond acceptors (Lipinski definition) is 1. The minimum atomic E-state index is -0.129. The van der Waals surface area contributed by atoms with Gasteiger partial charge in [-0.1, -0.05) is 168 Å². The fourth-order valence-corrected chi connectivity index (χ4v) is 10.2. The Morgan fingerprint density at radius 2 is 1.23 bits per heavy atom. The van der Waals surface area contributed by atoms with E-state index in [1.165, 1.54) is 83.0 Å². The fraction of sp³-hybridized carbons (Fsp3) is 0.153. The number of hydrogen-bond donors (Lipinski definition) is 0. The smallest absolute Gasteiger partial charge is 0.0541 e. The van der Waals surface area contributed by atoms with E-state index in [-0.39, 0.29) is 10.8 Å². The highest BCUT2D eigenvalue weighted by molar-refractivity contribution is 6.09. The number of rotatable bonds is 6. The monoisotopic (exact) mass is 786 g/mol. The van der Waals surface area contributed by atoms with Crippen molar-refractivity contribution in [2.24, 2.45) is 0 Å². The van der Waals surface area contributed by atoms with Gasteiger partial charge in [-0.05, 0) is 128 Å². The predicted octanol–water partition coefficient (Wildman–Crippen LogP) is 16.2. The van der Waals surface area contributed by atoms with Crippen molar-refractivity contribution in [3.8, 4) is 39.1 Å². The van der Waals surface area contributed by atoms with Crippen LogP contribution in [0.25, 0.3) is 66.9 Å². The van der Waals surface area contributed by atoms with E-state index < -0.39 is 0 Å². The Kier molecular flexibility index (Phi) is 8.58. The van der Waals surface area contributed by atoms with E-state index in [2.05, 4.69) is 232 Å². The first kappa shape index (κ1) is 37.1. The number of para-hydroxylation sites is 3. The highest BCUT2D eigenvalue weighted by Crippen LogP contribution is 2.54. The number of aromatic nitrogens is 1. The molecule has 0 unspecified atom stereocenters. The van der Waals surface area contributed by atoms with Crippen molar-refractivity contribution in [1.82, 2.24) is 4.57 Å². The summed E-state index contributed by atoms with van der Waals surface area (Å²) in [5.41, 5.74) is 21.3. The van der Waals surface area contributed by atoms with Crippen molar-refractivity contribution in [2.75, 3.05) is 4.90 Å². The minimum Gasteiger partial charge on any atom is -0.310 e. The topological polar surface area (TPSA) is 8.17 Å². The summed E-state index contributed by atoms with van der Waals surface area (Å²) in [6.45, 7) is 11.7. The summed E-state index contributed by atoms with van der Waals surface area (Å²) in [6.07, 6.45) is 6.80. The first-order chi connectivity index (χ1) is 29.6. The van der Waals surface area contributed by atoms with E-state index in [9.17, 15) is 0 Å². The molecule has 0 atom stereocenters. The van der Waals surface area contributed by atoms with Gasteiger partial charge in [0.25, 0.3) is 0 Å². The van der Waals surface area contributed by atoms with Gasteiger partial charge in [-0.15, -0.1) is 0 Å². The van der Waals surface area contributed by atoms with Crippen molar-refractivity contribution in [3.05, 3.63) is 210 Å². The Morgan fingerprint density at radius 3 is 2.00 bits per heavy atom. The van der Waals surface area contributed by atoms with Crippen LogP contribution in [0.2, 0.25) is 0 Å². The molecular formula is C59H50N2. The third kappa shape index (κ3) is 6.07. The molecule has 2 heteroatoms. The van der Waals surface area contributed by atoms with Gasteiger partial charge in [0.15, 0.2) is 0 Å². The summed E-state index contributed by atoms with van der Waals surface area (Å²) >= 11 is 0. The van der Waals surface area contributed by atoms with Gasteiger partial charge in [-0.3, -0.25) is 0 Å². The van der Waals surface area contributed by atoms with Gasteiger partial charge in [-0.2, -0.15) is 0 Å². The lowest BCUT2D eigenvalue weighted by Gasteiger charge is -2.29. The van der Waals surface area contributed by atoms with Crippen LogP contribution in [-0.4, -0.2) is 4.57 Å². The molecule has 0 bridgehead atoms. The lowest BCUT2D eigenvalue weighted by atomic mass is 9.79. The molecule has 9 aromatic rings. The van der Waals surface area contributed by atoms with Gasteiger partial charge < -0.3 is 9.47 Å². The van der Waals surface area contributed by atoms with E-state index in [1.807, 2.05) is 0 Å². The van der Waals surface area contributed by atoms with Crippen molar-refractivity contribution < 1.29 is 0 Å². The highest BCUT2D eigenvalue weighted by Gasteiger charge is 2.38. The number of anilines is 3. The van der Waals surface area contributed by atoms with Crippen LogP contribution < -0.4 is 4.90 Å². The molecule has 0 fully saturated rings. The van der Waals surface area contributed by atoms with Crippen molar-refractivity contribution in [1.29, 1.82) is 0 Å². The summed E-state index contributed by atoms with van der Waals surface area (Å²) in [6, 6.07) is 65.9. The number of nitrogens with zero attached hydrogens (tertiary/aromatic N) is 2. The summed E-state index contributed by atoms with van der Waals surface area (Å²) in [5, 5.41) is 2.52. The van der Waals surface area contributed by atoms with Crippen LogP contribution in [0, 0.1) is 0 Å². The molecule has 1 aromatic heterocycles. The van der Waals surface area contributed by atoms with Gasteiger partial charge in [0.2, 0.25) is 0 Å². The van der Waals surface area contributed by atoms with Crippen LogP contribution in [0.1, 0.15) is 68.9 Å². The van der Waals surface area contributed by atoms with Crippen molar-refractivity contribution in [2.45, 2.75) is 58.3 Å². The molecule has 0 N–H and O–H groups in total. The Balaban J connectivity index is 1.11. The van der Waals surface area contributed by atoms with Crippen LogP contribution >= 0.6 is 0 Å². The number of aryl methyl sites for hydroxylation is 1. The summed E-state index contributed by atoms with van der Waals surface area (Å²) in [4.78, 5) is 2.47. The molecule has 296 valence electrons. The van der Waals surface area contributed by atoms with Crippen LogP contribution in [0.5, 0.6) is 0 Å². The summed E-state index contributed by atoms with van der Waals surface area (Å²) in [5.74, 6) is 0. The molecule has 2 nitrogen and oxygen atoms in total. The van der Waals surface area contributed by atoms with E-state index in [0.717, 1.165) is 35.6 Å². The Labute approximate surface area is 360 Å². The maximum atomic E-state index is 2.47. The molecule has 0 amide bonds. The minimum absolute atomic E-state index is 0.0656. The van der Waals surface area contributed by atoms with Crippen LogP contribution in [0.4, 0.5) is 17.1 Å². The first-order valence-electron chi connectivity index (χ1n) is 21.8. The largest absolute Gasteiger partial charge is 0.310 e. The zero-order valence-electron chi connectivity index (χ0n) is 35.7. The fourth-order valence-electron chi connectivity index (χ4n) is 10.2. The van der Waals surface area contributed by atoms with Crippen molar-refractivity contribution in [3.63, 3.8) is 0 Å². The van der Waals surface area contributed by atoms with E-state index in [4.69, 9.17) is 0 Å². The molecule has 0 saturated heterocycles. The second kappa shape index (κ2) is 14.1. The molecule has 1 heterocycles. The van der Waals surface area contributed by atoms with Gasteiger partial charge in [-0.25, -0.2) is 0 Å². The van der Waals surface area contributed by atoms with Gasteiger partial charge >= 0.3 is 0 Å². The lowest BCUT2D eigenvalue weighted by Crippen LogP contribution is -2.17. The van der Waals surface area contributed by atoms with Crippen molar-refractivity contribution >= 4 is 44.9 Å². The standard InChI is InChI=1S/C59H50N2/c1-58(2,3)43-32-35-51-53(37-43)59(4,5)52-24-15-23-50(57(51)52)49-22-10-11-25-54(49)60(44-33-30-40(31-34-44)42-29-28-39-16-6-7-17-41(39)36-42)45-18-14-19-46(38-45)61-55-26-12-8-20-47(55)48-21-9-13-27-56(48)61/h7-15,17-38H,6,16H2,1-5H3. The molecule has 8 aromatic carbocycles. The zero-order chi connectivity index (χ0) is 41.5. The second-order valence-electron chi connectivity index (χ2n) is 18.5. The Bertz CT molecular complexity index is 3150. The van der Waals surface area contributed by atoms with Gasteiger partial charge in [0, 0.05) is 38.8 Å². The van der Waals surface area contributed by atoms with Gasteiger partial charge in [0.05, 0.1) is 16.7 Å². The number of benzene rings is 8. The molecule has 0 radical (unpaired) electrons. The highest BCUT2D eigenvalue weighted by atomic mass is 15.1. The molecular weight excluding hydrogens is 737 g/mol. The third-order valence-electron chi connectivity index (χ3n) is 13.4. The number of allylic oxidation sites excluding steroid dienone is 1. The molecule has 2 aliphatic rings. The molecule has 0 aliphatic heterocycles. The Hall–Kier alpha value is -6.90. The SMILES string of the molecule is CC(C)(C)c1ccc2c(c1)C(C)(C)c1cccc(-c3ccccc3N(c3ccc(-c4ccc5c(c4)C=CCC5)cc3)c3cccc(-n4c5ccccc5c5ccccc54)c3)c1-2. The maximum Gasteiger partial charge on any atom is 0.0541 e. The van der Waals surface area contributed by atoms with Gasteiger partial charge in [0.1, 0.15) is 0 Å². The first-order valence-corrected chi connectivity index (χ1v) is 21.8.